The molecule has 0 amide bonds. The van der Waals surface area contributed by atoms with Gasteiger partial charge in [-0.15, -0.1) is 0 Å². The highest BCUT2D eigenvalue weighted by Gasteiger charge is 2.71. The van der Waals surface area contributed by atoms with Gasteiger partial charge < -0.3 is 24.5 Å². The molecule has 33 heavy (non-hydrogen) atoms. The zero-order valence-electron chi connectivity index (χ0n) is 19.1. The zero-order chi connectivity index (χ0) is 23.6. The number of aliphatic hydroxyl groups is 2. The number of carbonyl (C=O) groups excluding carboxylic acids is 3. The first-order valence-electron chi connectivity index (χ1n) is 12.2. The van der Waals surface area contributed by atoms with Crippen molar-refractivity contribution in [3.05, 3.63) is 11.6 Å². The lowest BCUT2D eigenvalue weighted by molar-refractivity contribution is -0.249. The van der Waals surface area contributed by atoms with Crippen LogP contribution in [0.1, 0.15) is 64.7 Å². The average molecular weight is 525 g/mol. The maximum atomic E-state index is 12.7. The summed E-state index contributed by atoms with van der Waals surface area (Å²) < 4.78 is 10.7. The predicted octanol–water partition coefficient (Wildman–Crippen LogP) is 2.84. The Morgan fingerprint density at radius 1 is 1.18 bits per heavy atom. The summed E-state index contributed by atoms with van der Waals surface area (Å²) in [5.74, 6) is -0.792. The Bertz CT molecular complexity index is 903. The Morgan fingerprint density at radius 3 is 2.61 bits per heavy atom. The van der Waals surface area contributed by atoms with Gasteiger partial charge in [0.15, 0.2) is 0 Å². The number of cyclic esters (lactones) is 1. The van der Waals surface area contributed by atoms with E-state index in [1.165, 1.54) is 0 Å². The number of carbonyl (C=O) groups is 3. The molecule has 0 aromatic carbocycles. The molecule has 7 nitrogen and oxygen atoms in total. The Hall–Kier alpha value is -1.25. The van der Waals surface area contributed by atoms with Crippen LogP contribution in [0.15, 0.2) is 11.6 Å². The van der Waals surface area contributed by atoms with Gasteiger partial charge in [0.2, 0.25) is 0 Å². The van der Waals surface area contributed by atoms with Gasteiger partial charge in [0.1, 0.15) is 24.3 Å². The fourth-order valence-corrected chi connectivity index (χ4v) is 8.77. The van der Waals surface area contributed by atoms with Crippen LogP contribution in [0.5, 0.6) is 0 Å². The van der Waals surface area contributed by atoms with E-state index in [1.54, 1.807) is 6.08 Å². The fraction of sp³-hybridized carbons (Fsp3) is 0.800. The number of aldehydes is 1. The van der Waals surface area contributed by atoms with Crippen molar-refractivity contribution in [2.45, 2.75) is 82.0 Å². The molecule has 0 radical (unpaired) electrons. The van der Waals surface area contributed by atoms with Crippen LogP contribution >= 0.6 is 15.9 Å². The normalized spacial score (nSPS) is 48.7. The first-order valence-corrected chi connectivity index (χ1v) is 13.3. The number of rotatable bonds is 4. The molecule has 4 aliphatic carbocycles. The van der Waals surface area contributed by atoms with E-state index in [0.29, 0.717) is 38.7 Å². The van der Waals surface area contributed by atoms with Crippen LogP contribution in [-0.2, 0) is 23.9 Å². The van der Waals surface area contributed by atoms with E-state index in [0.717, 1.165) is 31.1 Å². The average Bonchev–Trinajstić information content (AvgIpc) is 3.33. The molecular formula is C25H33BrO7. The number of hydrogen-bond donors (Lipinski definition) is 2. The second-order valence-corrected chi connectivity index (χ2v) is 11.8. The Morgan fingerprint density at radius 2 is 1.94 bits per heavy atom. The largest absolute Gasteiger partial charge is 0.462 e. The maximum Gasteiger partial charge on any atom is 0.331 e. The minimum absolute atomic E-state index is 0.0855. The van der Waals surface area contributed by atoms with Gasteiger partial charge in [0, 0.05) is 17.9 Å². The first kappa shape index (κ1) is 23.5. The van der Waals surface area contributed by atoms with Crippen LogP contribution < -0.4 is 0 Å². The van der Waals surface area contributed by atoms with Crippen molar-refractivity contribution in [2.75, 3.05) is 11.9 Å². The number of esters is 2. The smallest absolute Gasteiger partial charge is 0.331 e. The number of halogens is 1. The molecular weight excluding hydrogens is 492 g/mol. The SMILES string of the molecule is C[C@]12CC[C@@H]3[C@H](CC[C@]4(O)C[C@H](OC(=O)CBr)CC[C@]34C=O)[C@@]1(O)CC[C@@H]2C1=CC(=O)OC1. The van der Waals surface area contributed by atoms with Gasteiger partial charge in [-0.2, -0.15) is 0 Å². The summed E-state index contributed by atoms with van der Waals surface area (Å²) in [6.07, 6.45) is 7.33. The van der Waals surface area contributed by atoms with E-state index >= 15 is 0 Å². The third kappa shape index (κ3) is 3.16. The van der Waals surface area contributed by atoms with Crippen molar-refractivity contribution in [3.63, 3.8) is 0 Å². The Labute approximate surface area is 202 Å². The van der Waals surface area contributed by atoms with Gasteiger partial charge >= 0.3 is 11.9 Å². The van der Waals surface area contributed by atoms with E-state index in [2.05, 4.69) is 22.9 Å². The second-order valence-electron chi connectivity index (χ2n) is 11.2. The van der Waals surface area contributed by atoms with Crippen molar-refractivity contribution in [1.29, 1.82) is 0 Å². The third-order valence-electron chi connectivity index (χ3n) is 10.2. The molecule has 8 heteroatoms. The zero-order valence-corrected chi connectivity index (χ0v) is 20.6. The van der Waals surface area contributed by atoms with Crippen LogP contribution in [0.3, 0.4) is 0 Å². The predicted molar refractivity (Wildman–Crippen MR) is 121 cm³/mol. The van der Waals surface area contributed by atoms with Crippen molar-refractivity contribution in [2.24, 2.45) is 28.6 Å². The van der Waals surface area contributed by atoms with E-state index in [9.17, 15) is 24.6 Å². The summed E-state index contributed by atoms with van der Waals surface area (Å²) in [6.45, 7) is 2.44. The molecule has 5 rings (SSSR count). The summed E-state index contributed by atoms with van der Waals surface area (Å²) >= 11 is 3.11. The van der Waals surface area contributed by atoms with Crippen molar-refractivity contribution in [1.82, 2.24) is 0 Å². The molecule has 1 aliphatic heterocycles. The Balaban J connectivity index is 1.44. The molecule has 5 aliphatic rings. The third-order valence-corrected chi connectivity index (χ3v) is 10.7. The number of fused-ring (bicyclic) bond motifs is 5. The van der Waals surface area contributed by atoms with Gasteiger partial charge in [0.05, 0.1) is 16.6 Å². The summed E-state index contributed by atoms with van der Waals surface area (Å²) in [6, 6.07) is 0. The number of alkyl halides is 1. The highest BCUT2D eigenvalue weighted by atomic mass is 79.9. The van der Waals surface area contributed by atoms with Crippen LogP contribution in [0.2, 0.25) is 0 Å². The summed E-state index contributed by atoms with van der Waals surface area (Å²) in [5.41, 5.74) is -2.54. The van der Waals surface area contributed by atoms with Crippen molar-refractivity contribution < 1.29 is 34.1 Å². The standard InChI is InChI=1S/C25H33BrO7/c1-22-6-3-18-19(25(22,31)9-5-17(22)15-10-20(28)32-13-15)4-8-24(30)11-16(33-21(29)12-26)2-7-23(18,24)14-27/h10,14,16-19,30-31H,2-9,11-13H2,1H3/t16-,17-,18-,19+,22-,23+,24+,25+/m1/s1. The van der Waals surface area contributed by atoms with Crippen LogP contribution in [-0.4, -0.2) is 57.7 Å². The molecule has 1 heterocycles. The minimum Gasteiger partial charge on any atom is -0.462 e. The molecule has 0 aromatic heterocycles. The highest BCUT2D eigenvalue weighted by molar-refractivity contribution is 9.09. The van der Waals surface area contributed by atoms with Crippen molar-refractivity contribution in [3.8, 4) is 0 Å². The van der Waals surface area contributed by atoms with Gasteiger partial charge in [-0.1, -0.05) is 22.9 Å². The molecule has 0 unspecified atom stereocenters. The van der Waals surface area contributed by atoms with Crippen LogP contribution in [0.4, 0.5) is 0 Å². The van der Waals surface area contributed by atoms with E-state index < -0.39 is 28.1 Å². The number of ether oxygens (including phenoxy) is 2. The molecule has 8 atom stereocenters. The topological polar surface area (TPSA) is 110 Å². The summed E-state index contributed by atoms with van der Waals surface area (Å²) in [4.78, 5) is 36.2. The summed E-state index contributed by atoms with van der Waals surface area (Å²) in [7, 11) is 0. The van der Waals surface area contributed by atoms with Crippen molar-refractivity contribution >= 4 is 34.2 Å². The highest BCUT2D eigenvalue weighted by Crippen LogP contribution is 2.70. The molecule has 2 N–H and O–H groups in total. The van der Waals surface area contributed by atoms with Gasteiger partial charge in [-0.3, -0.25) is 4.79 Å². The lowest BCUT2D eigenvalue weighted by atomic mass is 9.41. The first-order chi connectivity index (χ1) is 15.6. The molecule has 182 valence electrons. The molecule has 0 bridgehead atoms. The van der Waals surface area contributed by atoms with Gasteiger partial charge in [0.25, 0.3) is 0 Å². The molecule has 4 fully saturated rings. The van der Waals surface area contributed by atoms with E-state index in [4.69, 9.17) is 9.47 Å². The summed E-state index contributed by atoms with van der Waals surface area (Å²) in [5, 5.41) is 24.1. The lowest BCUT2D eigenvalue weighted by Gasteiger charge is -2.65. The molecule has 4 saturated carbocycles. The molecule has 0 spiro atoms. The quantitative estimate of drug-likeness (QED) is 0.330. The van der Waals surface area contributed by atoms with E-state index in [-0.39, 0.29) is 41.4 Å². The van der Waals surface area contributed by atoms with Crippen LogP contribution in [0, 0.1) is 28.6 Å². The van der Waals surface area contributed by atoms with E-state index in [1.807, 2.05) is 0 Å². The maximum absolute atomic E-state index is 12.7. The fourth-order valence-electron chi connectivity index (χ4n) is 8.64. The number of hydrogen-bond acceptors (Lipinski definition) is 7. The monoisotopic (exact) mass is 524 g/mol. The molecule has 0 aromatic rings. The minimum atomic E-state index is -1.23. The lowest BCUT2D eigenvalue weighted by Crippen LogP contribution is -2.69. The Kier molecular flexibility index (Phi) is 5.61. The van der Waals surface area contributed by atoms with Gasteiger partial charge in [-0.05, 0) is 74.7 Å². The van der Waals surface area contributed by atoms with Gasteiger partial charge in [-0.25, -0.2) is 4.79 Å². The van der Waals surface area contributed by atoms with Crippen LogP contribution in [0.25, 0.3) is 0 Å². The molecule has 0 saturated heterocycles. The second kappa shape index (κ2) is 7.89.